The molecular formula is C14H20N2O6S. The third-order valence-electron chi connectivity index (χ3n) is 4.18. The fourth-order valence-electron chi connectivity index (χ4n) is 2.97. The smallest absolute Gasteiger partial charge is 0.352 e. The molecular weight excluding hydrogens is 324 g/mol. The molecule has 0 aliphatic heterocycles. The molecule has 1 aromatic heterocycles. The maximum atomic E-state index is 12.5. The van der Waals surface area contributed by atoms with Gasteiger partial charge in [0.1, 0.15) is 10.6 Å². The van der Waals surface area contributed by atoms with Crippen LogP contribution in [0.1, 0.15) is 55.4 Å². The van der Waals surface area contributed by atoms with Gasteiger partial charge in [-0.05, 0) is 25.3 Å². The molecule has 1 aliphatic carbocycles. The number of aliphatic carboxylic acids is 1. The van der Waals surface area contributed by atoms with Crippen molar-refractivity contribution in [1.29, 1.82) is 0 Å². The van der Waals surface area contributed by atoms with E-state index >= 15 is 0 Å². The Morgan fingerprint density at radius 1 is 1.22 bits per heavy atom. The lowest BCUT2D eigenvalue weighted by Gasteiger charge is -2.37. The maximum absolute atomic E-state index is 12.5. The zero-order valence-corrected chi connectivity index (χ0v) is 13.4. The van der Waals surface area contributed by atoms with E-state index in [-0.39, 0.29) is 23.4 Å². The van der Waals surface area contributed by atoms with Gasteiger partial charge in [0.2, 0.25) is 10.0 Å². The van der Waals surface area contributed by atoms with E-state index < -0.39 is 27.5 Å². The number of nitrogens with one attached hydrogen (secondary N) is 2. The highest BCUT2D eigenvalue weighted by atomic mass is 32.2. The third-order valence-corrected chi connectivity index (χ3v) is 5.73. The second-order valence-corrected chi connectivity index (χ2v) is 7.58. The second kappa shape index (κ2) is 6.71. The minimum Gasteiger partial charge on any atom is -0.481 e. The summed E-state index contributed by atoms with van der Waals surface area (Å²) in [6.45, 7) is 0. The van der Waals surface area contributed by atoms with Gasteiger partial charge in [0.25, 0.3) is 0 Å². The van der Waals surface area contributed by atoms with Crippen LogP contribution in [0.4, 0.5) is 0 Å². The predicted molar refractivity (Wildman–Crippen MR) is 80.8 cm³/mol. The number of H-pyrrole nitrogens is 1. The Labute approximate surface area is 134 Å². The molecule has 0 spiro atoms. The predicted octanol–water partition coefficient (Wildman–Crippen LogP) is 1.56. The average molecular weight is 344 g/mol. The van der Waals surface area contributed by atoms with E-state index in [4.69, 9.17) is 10.2 Å². The van der Waals surface area contributed by atoms with Crippen molar-refractivity contribution in [2.24, 2.45) is 0 Å². The Hall–Kier alpha value is -1.87. The zero-order valence-electron chi connectivity index (χ0n) is 12.5. The van der Waals surface area contributed by atoms with E-state index in [9.17, 15) is 18.0 Å². The number of hydrogen-bond acceptors (Lipinski definition) is 4. The summed E-state index contributed by atoms with van der Waals surface area (Å²) in [7, 11) is -3.92. The Balaban J connectivity index is 2.22. The van der Waals surface area contributed by atoms with Gasteiger partial charge in [0.15, 0.2) is 0 Å². The molecule has 1 fully saturated rings. The van der Waals surface area contributed by atoms with Gasteiger partial charge in [-0.15, -0.1) is 0 Å². The zero-order chi connectivity index (χ0) is 17.1. The number of aromatic nitrogens is 1. The van der Waals surface area contributed by atoms with Crippen molar-refractivity contribution < 1.29 is 28.2 Å². The third kappa shape index (κ3) is 4.32. The molecule has 128 valence electrons. The summed E-state index contributed by atoms with van der Waals surface area (Å²) >= 11 is 0. The van der Waals surface area contributed by atoms with E-state index in [0.29, 0.717) is 12.8 Å². The highest BCUT2D eigenvalue weighted by Gasteiger charge is 2.37. The van der Waals surface area contributed by atoms with Gasteiger partial charge in [0.05, 0.1) is 0 Å². The molecule has 4 N–H and O–H groups in total. The summed E-state index contributed by atoms with van der Waals surface area (Å²) < 4.78 is 27.7. The van der Waals surface area contributed by atoms with Crippen molar-refractivity contribution in [1.82, 2.24) is 9.71 Å². The molecule has 0 amide bonds. The molecule has 0 saturated heterocycles. The lowest BCUT2D eigenvalue weighted by atomic mass is 9.79. The number of hydrogen-bond donors (Lipinski definition) is 4. The minimum absolute atomic E-state index is 0.115. The monoisotopic (exact) mass is 344 g/mol. The SMILES string of the molecule is O=C(O)CCC1(NS(=O)(=O)c2c[nH]c(C(=O)O)c2)CCCCC1. The van der Waals surface area contributed by atoms with Crippen LogP contribution in [0.3, 0.4) is 0 Å². The lowest BCUT2D eigenvalue weighted by Crippen LogP contribution is -2.49. The van der Waals surface area contributed by atoms with Gasteiger partial charge in [0, 0.05) is 18.2 Å². The molecule has 1 aromatic rings. The van der Waals surface area contributed by atoms with Crippen molar-refractivity contribution in [3.8, 4) is 0 Å². The Morgan fingerprint density at radius 2 is 1.87 bits per heavy atom. The molecule has 1 heterocycles. The summed E-state index contributed by atoms with van der Waals surface area (Å²) in [6.07, 6.45) is 5.04. The van der Waals surface area contributed by atoms with Crippen LogP contribution < -0.4 is 4.72 Å². The van der Waals surface area contributed by atoms with Crippen LogP contribution in [0, 0.1) is 0 Å². The van der Waals surface area contributed by atoms with Crippen LogP contribution in [0.5, 0.6) is 0 Å². The van der Waals surface area contributed by atoms with Crippen molar-refractivity contribution >= 4 is 22.0 Å². The van der Waals surface area contributed by atoms with Gasteiger partial charge < -0.3 is 15.2 Å². The summed E-state index contributed by atoms with van der Waals surface area (Å²) in [4.78, 5) is 24.0. The van der Waals surface area contributed by atoms with E-state index in [1.165, 1.54) is 0 Å². The highest BCUT2D eigenvalue weighted by molar-refractivity contribution is 7.89. The summed E-state index contributed by atoms with van der Waals surface area (Å²) in [5.41, 5.74) is -0.996. The molecule has 0 unspecified atom stereocenters. The molecule has 0 atom stereocenters. The largest absolute Gasteiger partial charge is 0.481 e. The van der Waals surface area contributed by atoms with Crippen LogP contribution >= 0.6 is 0 Å². The summed E-state index contributed by atoms with van der Waals surface area (Å²) in [5.74, 6) is -2.21. The van der Waals surface area contributed by atoms with Crippen LogP contribution in [-0.2, 0) is 14.8 Å². The van der Waals surface area contributed by atoms with Gasteiger partial charge in [-0.3, -0.25) is 4.79 Å². The van der Waals surface area contributed by atoms with E-state index in [0.717, 1.165) is 31.5 Å². The molecule has 0 radical (unpaired) electrons. The first kappa shape index (κ1) is 17.5. The van der Waals surface area contributed by atoms with Crippen LogP contribution in [0.2, 0.25) is 0 Å². The minimum atomic E-state index is -3.92. The molecule has 2 rings (SSSR count). The number of aromatic amines is 1. The van der Waals surface area contributed by atoms with Crippen molar-refractivity contribution in [2.45, 2.75) is 55.4 Å². The van der Waals surface area contributed by atoms with Crippen LogP contribution in [-0.4, -0.2) is 41.1 Å². The van der Waals surface area contributed by atoms with Crippen LogP contribution in [0.25, 0.3) is 0 Å². The number of carbonyl (C=O) groups is 2. The Morgan fingerprint density at radius 3 is 2.39 bits per heavy atom. The van der Waals surface area contributed by atoms with E-state index in [1.807, 2.05) is 0 Å². The number of carboxylic acids is 2. The average Bonchev–Trinajstić information content (AvgIpc) is 2.97. The molecule has 23 heavy (non-hydrogen) atoms. The van der Waals surface area contributed by atoms with Gasteiger partial charge in [-0.1, -0.05) is 19.3 Å². The van der Waals surface area contributed by atoms with Crippen molar-refractivity contribution in [2.75, 3.05) is 0 Å². The first-order chi connectivity index (χ1) is 10.7. The topological polar surface area (TPSA) is 137 Å². The van der Waals surface area contributed by atoms with Gasteiger partial charge in [-0.25, -0.2) is 17.9 Å². The number of carboxylic acid groups (broad SMARTS) is 2. The normalized spacial score (nSPS) is 17.7. The lowest BCUT2D eigenvalue weighted by molar-refractivity contribution is -0.137. The molecule has 0 bridgehead atoms. The van der Waals surface area contributed by atoms with Gasteiger partial charge >= 0.3 is 11.9 Å². The van der Waals surface area contributed by atoms with E-state index in [2.05, 4.69) is 9.71 Å². The quantitative estimate of drug-likeness (QED) is 0.592. The first-order valence-electron chi connectivity index (χ1n) is 7.42. The van der Waals surface area contributed by atoms with E-state index in [1.54, 1.807) is 0 Å². The number of sulfonamides is 1. The molecule has 1 saturated carbocycles. The fraction of sp³-hybridized carbons (Fsp3) is 0.571. The Bertz CT molecular complexity index is 688. The Kier molecular flexibility index (Phi) is 5.10. The molecule has 8 nitrogen and oxygen atoms in total. The fourth-order valence-corrected chi connectivity index (χ4v) is 4.46. The standard InChI is InChI=1S/C14H20N2O6S/c17-12(18)4-7-14(5-2-1-3-6-14)16-23(21,22)10-8-11(13(19)20)15-9-10/h8-9,15-16H,1-7H2,(H,17,18)(H,19,20). The number of rotatable bonds is 7. The number of aromatic carboxylic acids is 1. The highest BCUT2D eigenvalue weighted by Crippen LogP contribution is 2.33. The second-order valence-electron chi connectivity index (χ2n) is 5.89. The summed E-state index contributed by atoms with van der Waals surface area (Å²) in [5, 5.41) is 17.8. The van der Waals surface area contributed by atoms with Crippen molar-refractivity contribution in [3.05, 3.63) is 18.0 Å². The molecule has 1 aliphatic rings. The molecule has 9 heteroatoms. The van der Waals surface area contributed by atoms with Crippen LogP contribution in [0.15, 0.2) is 17.2 Å². The van der Waals surface area contributed by atoms with Crippen molar-refractivity contribution in [3.63, 3.8) is 0 Å². The molecule has 0 aromatic carbocycles. The summed E-state index contributed by atoms with van der Waals surface area (Å²) in [6, 6.07) is 1.05. The maximum Gasteiger partial charge on any atom is 0.352 e. The first-order valence-corrected chi connectivity index (χ1v) is 8.90. The van der Waals surface area contributed by atoms with Gasteiger partial charge in [-0.2, -0.15) is 0 Å².